The summed E-state index contributed by atoms with van der Waals surface area (Å²) in [7, 11) is 0. The molecule has 0 fully saturated rings. The first-order valence-electron chi connectivity index (χ1n) is 3.62. The van der Waals surface area contributed by atoms with Gasteiger partial charge in [0.15, 0.2) is 0 Å². The smallest absolute Gasteiger partial charge is 0.00299 e. The highest BCUT2D eigenvalue weighted by atomic mass is 127. The Kier molecular flexibility index (Phi) is 8.91. The first kappa shape index (κ1) is 9.47. The van der Waals surface area contributed by atoms with Crippen LogP contribution in [0.3, 0.4) is 0 Å². The van der Waals surface area contributed by atoms with Crippen LogP contribution in [0.15, 0.2) is 12.2 Å². The van der Waals surface area contributed by atoms with Gasteiger partial charge in [0.2, 0.25) is 0 Å². The summed E-state index contributed by atoms with van der Waals surface area (Å²) < 4.78 is 1.25. The fourth-order valence-electron chi connectivity index (χ4n) is 0.621. The van der Waals surface area contributed by atoms with Crippen LogP contribution in [0.5, 0.6) is 0 Å². The van der Waals surface area contributed by atoms with Gasteiger partial charge in [0.25, 0.3) is 0 Å². The number of hydrogen-bond donors (Lipinski definition) is 0. The molecule has 0 saturated heterocycles. The Morgan fingerprint density at radius 2 is 1.89 bits per heavy atom. The van der Waals surface area contributed by atoms with Gasteiger partial charge in [-0.25, -0.2) is 0 Å². The monoisotopic (exact) mass is 238 g/mol. The van der Waals surface area contributed by atoms with E-state index in [-0.39, 0.29) is 0 Å². The highest BCUT2D eigenvalue weighted by Crippen LogP contribution is 1.97. The van der Waals surface area contributed by atoms with E-state index in [4.69, 9.17) is 0 Å². The Morgan fingerprint density at radius 3 is 2.44 bits per heavy atom. The number of alkyl halides is 1. The first-order chi connectivity index (χ1) is 4.41. The molecule has 0 saturated carbocycles. The predicted octanol–water partition coefficient (Wildman–Crippen LogP) is 3.56. The minimum Gasteiger partial charge on any atom is -0.0885 e. The molecule has 0 atom stereocenters. The van der Waals surface area contributed by atoms with Gasteiger partial charge in [0.05, 0.1) is 0 Å². The fraction of sp³-hybridized carbons (Fsp3) is 0.750. The van der Waals surface area contributed by atoms with Crippen molar-refractivity contribution in [3.63, 3.8) is 0 Å². The molecule has 9 heavy (non-hydrogen) atoms. The van der Waals surface area contributed by atoms with E-state index in [1.54, 1.807) is 0 Å². The molecular weight excluding hydrogens is 223 g/mol. The van der Waals surface area contributed by atoms with Gasteiger partial charge in [-0.1, -0.05) is 54.5 Å². The number of unbranched alkanes of at least 4 members (excludes halogenated alkanes) is 2. The maximum Gasteiger partial charge on any atom is 0.00299 e. The zero-order chi connectivity index (χ0) is 6.95. The van der Waals surface area contributed by atoms with Crippen molar-refractivity contribution in [2.24, 2.45) is 0 Å². The minimum atomic E-state index is 1.24. The van der Waals surface area contributed by atoms with Crippen LogP contribution >= 0.6 is 22.6 Å². The van der Waals surface area contributed by atoms with Crippen molar-refractivity contribution < 1.29 is 0 Å². The van der Waals surface area contributed by atoms with E-state index >= 15 is 0 Å². The van der Waals surface area contributed by atoms with Gasteiger partial charge in [0.1, 0.15) is 0 Å². The quantitative estimate of drug-likeness (QED) is 0.297. The zero-order valence-electron chi connectivity index (χ0n) is 6.07. The maximum atomic E-state index is 2.40. The lowest BCUT2D eigenvalue weighted by atomic mass is 10.2. The molecule has 0 unspecified atom stereocenters. The van der Waals surface area contributed by atoms with Crippen LogP contribution in [-0.4, -0.2) is 4.43 Å². The van der Waals surface area contributed by atoms with Crippen LogP contribution in [0.25, 0.3) is 0 Å². The average molecular weight is 238 g/mol. The number of rotatable bonds is 5. The predicted molar refractivity (Wildman–Crippen MR) is 52.2 cm³/mol. The molecule has 0 aliphatic rings. The van der Waals surface area contributed by atoms with Gasteiger partial charge in [-0.3, -0.25) is 0 Å². The first-order valence-corrected chi connectivity index (χ1v) is 5.15. The number of allylic oxidation sites excluding steroid dienone is 2. The van der Waals surface area contributed by atoms with E-state index in [1.807, 2.05) is 0 Å². The van der Waals surface area contributed by atoms with E-state index < -0.39 is 0 Å². The van der Waals surface area contributed by atoms with E-state index in [1.165, 1.54) is 30.1 Å². The molecule has 0 spiro atoms. The highest BCUT2D eigenvalue weighted by Gasteiger charge is 1.76. The second kappa shape index (κ2) is 8.47. The van der Waals surface area contributed by atoms with Gasteiger partial charge < -0.3 is 0 Å². The lowest BCUT2D eigenvalue weighted by Crippen LogP contribution is -1.68. The molecule has 0 aromatic carbocycles. The molecule has 0 amide bonds. The van der Waals surface area contributed by atoms with Gasteiger partial charge >= 0.3 is 0 Å². The van der Waals surface area contributed by atoms with Crippen LogP contribution in [-0.2, 0) is 0 Å². The molecule has 0 N–H and O–H groups in total. The summed E-state index contributed by atoms with van der Waals surface area (Å²) in [5.41, 5.74) is 0. The number of halogens is 1. The Morgan fingerprint density at radius 1 is 1.22 bits per heavy atom. The van der Waals surface area contributed by atoms with E-state index in [0.29, 0.717) is 0 Å². The molecule has 0 aliphatic heterocycles. The van der Waals surface area contributed by atoms with Gasteiger partial charge in [-0.15, -0.1) is 0 Å². The summed E-state index contributed by atoms with van der Waals surface area (Å²) in [5.74, 6) is 0. The largest absolute Gasteiger partial charge is 0.0885 e. The van der Waals surface area contributed by atoms with E-state index in [9.17, 15) is 0 Å². The van der Waals surface area contributed by atoms with Crippen LogP contribution in [0.4, 0.5) is 0 Å². The summed E-state index contributed by atoms with van der Waals surface area (Å²) >= 11 is 2.40. The lowest BCUT2D eigenvalue weighted by Gasteiger charge is -1.86. The van der Waals surface area contributed by atoms with Crippen molar-refractivity contribution in [1.29, 1.82) is 0 Å². The third-order valence-electron chi connectivity index (χ3n) is 1.17. The molecule has 0 nitrogen and oxygen atoms in total. The molecule has 0 aromatic rings. The second-order valence-corrected chi connectivity index (χ2v) is 3.17. The third kappa shape index (κ3) is 8.47. The SMILES string of the molecule is CCCCC=CCCI. The molecule has 0 bridgehead atoms. The Labute approximate surface area is 71.9 Å². The molecule has 0 aliphatic carbocycles. The summed E-state index contributed by atoms with van der Waals surface area (Å²) in [6.45, 7) is 2.23. The van der Waals surface area contributed by atoms with Crippen molar-refractivity contribution in [1.82, 2.24) is 0 Å². The van der Waals surface area contributed by atoms with E-state index in [0.717, 1.165) is 0 Å². The standard InChI is InChI=1S/C8H15I/c1-2-3-4-5-6-7-8-9/h5-6H,2-4,7-8H2,1H3. The molecular formula is C8H15I. The average Bonchev–Trinajstić information content (AvgIpc) is 1.89. The van der Waals surface area contributed by atoms with E-state index in [2.05, 4.69) is 41.7 Å². The highest BCUT2D eigenvalue weighted by molar-refractivity contribution is 14.1. The van der Waals surface area contributed by atoms with Crippen molar-refractivity contribution in [2.75, 3.05) is 4.43 Å². The van der Waals surface area contributed by atoms with Crippen molar-refractivity contribution in [3.05, 3.63) is 12.2 Å². The molecule has 0 radical (unpaired) electrons. The van der Waals surface area contributed by atoms with Gasteiger partial charge in [0, 0.05) is 4.43 Å². The van der Waals surface area contributed by atoms with Crippen molar-refractivity contribution in [2.45, 2.75) is 32.6 Å². The topological polar surface area (TPSA) is 0 Å². The maximum absolute atomic E-state index is 2.40. The third-order valence-corrected chi connectivity index (χ3v) is 1.79. The Balaban J connectivity index is 2.86. The molecule has 0 heterocycles. The lowest BCUT2D eigenvalue weighted by molar-refractivity contribution is 0.813. The number of hydrogen-bond acceptors (Lipinski definition) is 0. The van der Waals surface area contributed by atoms with Crippen LogP contribution in [0.1, 0.15) is 32.6 Å². The summed E-state index contributed by atoms with van der Waals surface area (Å²) in [6, 6.07) is 0. The Bertz CT molecular complexity index is 67.0. The Hall–Kier alpha value is 0.470. The fourth-order valence-corrected chi connectivity index (χ4v) is 0.980. The van der Waals surface area contributed by atoms with Crippen molar-refractivity contribution in [3.8, 4) is 0 Å². The van der Waals surface area contributed by atoms with Gasteiger partial charge in [-0.2, -0.15) is 0 Å². The summed E-state index contributed by atoms with van der Waals surface area (Å²) in [5, 5.41) is 0. The minimum absolute atomic E-state index is 1.24. The van der Waals surface area contributed by atoms with Crippen LogP contribution < -0.4 is 0 Å². The van der Waals surface area contributed by atoms with Crippen molar-refractivity contribution >= 4 is 22.6 Å². The summed E-state index contributed by atoms with van der Waals surface area (Å²) in [6.07, 6.45) is 9.74. The second-order valence-electron chi connectivity index (χ2n) is 2.09. The summed E-state index contributed by atoms with van der Waals surface area (Å²) in [4.78, 5) is 0. The zero-order valence-corrected chi connectivity index (χ0v) is 8.23. The molecule has 1 heteroatoms. The normalized spacial score (nSPS) is 10.9. The van der Waals surface area contributed by atoms with Crippen LogP contribution in [0, 0.1) is 0 Å². The van der Waals surface area contributed by atoms with Gasteiger partial charge in [-0.05, 0) is 12.8 Å². The molecule has 54 valence electrons. The molecule has 0 aromatic heterocycles. The molecule has 0 rings (SSSR count). The van der Waals surface area contributed by atoms with Crippen LogP contribution in [0.2, 0.25) is 0 Å².